The lowest BCUT2D eigenvalue weighted by Gasteiger charge is -2.07. The van der Waals surface area contributed by atoms with Gasteiger partial charge in [0.25, 0.3) is 0 Å². The lowest BCUT2D eigenvalue weighted by Crippen LogP contribution is -2.20. The molecule has 0 saturated heterocycles. The van der Waals surface area contributed by atoms with E-state index in [1.54, 1.807) is 12.1 Å². The standard InChI is InChI=1S/C6H4BBr3O3/c8-4-1-3(13-7(11)12)2-5(9)6(4)10/h1-2,11-12H. The van der Waals surface area contributed by atoms with Gasteiger partial charge in [0.1, 0.15) is 5.75 Å². The first-order valence-corrected chi connectivity index (χ1v) is 5.56. The molecular formula is C6H4BBr3O3. The summed E-state index contributed by atoms with van der Waals surface area (Å²) in [5, 5.41) is 17.1. The smallest absolute Gasteiger partial charge is 0.512 e. The maximum absolute atomic E-state index is 8.55. The van der Waals surface area contributed by atoms with Gasteiger partial charge in [-0.15, -0.1) is 0 Å². The second-order valence-corrected chi connectivity index (χ2v) is 4.65. The van der Waals surface area contributed by atoms with Crippen molar-refractivity contribution < 1.29 is 14.7 Å². The molecule has 1 aromatic rings. The van der Waals surface area contributed by atoms with Gasteiger partial charge in [0.15, 0.2) is 0 Å². The summed E-state index contributed by atoms with van der Waals surface area (Å²) < 4.78 is 7.02. The van der Waals surface area contributed by atoms with Crippen LogP contribution in [-0.2, 0) is 0 Å². The Labute approximate surface area is 101 Å². The molecule has 0 atom stereocenters. The molecule has 0 saturated carbocycles. The summed E-state index contributed by atoms with van der Waals surface area (Å²) in [5.41, 5.74) is 0. The monoisotopic (exact) mass is 372 g/mol. The van der Waals surface area contributed by atoms with Crippen LogP contribution in [0.3, 0.4) is 0 Å². The van der Waals surface area contributed by atoms with Crippen LogP contribution in [0.1, 0.15) is 0 Å². The van der Waals surface area contributed by atoms with Crippen molar-refractivity contribution >= 4 is 55.1 Å². The normalized spacial score (nSPS) is 9.92. The third-order valence-electron chi connectivity index (χ3n) is 1.20. The van der Waals surface area contributed by atoms with Crippen LogP contribution in [0.5, 0.6) is 5.75 Å². The van der Waals surface area contributed by atoms with Crippen molar-refractivity contribution in [2.75, 3.05) is 0 Å². The van der Waals surface area contributed by atoms with Gasteiger partial charge in [-0.2, -0.15) is 0 Å². The SMILES string of the molecule is OB(O)Oc1cc(Br)c(Br)c(Br)c1. The molecule has 0 fully saturated rings. The summed E-state index contributed by atoms with van der Waals surface area (Å²) >= 11 is 9.84. The Morgan fingerprint density at radius 3 is 1.92 bits per heavy atom. The molecule has 13 heavy (non-hydrogen) atoms. The molecule has 1 aromatic carbocycles. The summed E-state index contributed by atoms with van der Waals surface area (Å²) in [6, 6.07) is 3.24. The van der Waals surface area contributed by atoms with Gasteiger partial charge < -0.3 is 14.7 Å². The fourth-order valence-electron chi connectivity index (χ4n) is 0.722. The highest BCUT2D eigenvalue weighted by atomic mass is 79.9. The first-order valence-electron chi connectivity index (χ1n) is 3.18. The maximum atomic E-state index is 8.55. The summed E-state index contributed by atoms with van der Waals surface area (Å²) in [6.07, 6.45) is 0. The van der Waals surface area contributed by atoms with Crippen molar-refractivity contribution in [3.63, 3.8) is 0 Å². The molecule has 0 aliphatic heterocycles. The molecule has 70 valence electrons. The molecule has 0 bridgehead atoms. The molecule has 1 rings (SSSR count). The van der Waals surface area contributed by atoms with E-state index in [4.69, 9.17) is 10.0 Å². The molecule has 0 unspecified atom stereocenters. The Morgan fingerprint density at radius 1 is 1.08 bits per heavy atom. The number of hydrogen-bond donors (Lipinski definition) is 2. The number of benzene rings is 1. The van der Waals surface area contributed by atoms with Gasteiger partial charge in [0.05, 0.1) is 0 Å². The van der Waals surface area contributed by atoms with E-state index in [0.717, 1.165) is 13.4 Å². The van der Waals surface area contributed by atoms with Crippen molar-refractivity contribution in [3.05, 3.63) is 25.6 Å². The van der Waals surface area contributed by atoms with Gasteiger partial charge in [-0.25, -0.2) is 0 Å². The van der Waals surface area contributed by atoms with E-state index in [-0.39, 0.29) is 0 Å². The Kier molecular flexibility index (Phi) is 4.25. The molecule has 3 nitrogen and oxygen atoms in total. The molecule has 0 radical (unpaired) electrons. The molecule has 0 aliphatic rings. The summed E-state index contributed by atoms with van der Waals surface area (Å²) in [6.45, 7) is 0. The van der Waals surface area contributed by atoms with Gasteiger partial charge in [-0.05, 0) is 59.9 Å². The Hall–Kier alpha value is 0.445. The average Bonchev–Trinajstić information content (AvgIpc) is 1.98. The number of rotatable bonds is 2. The summed E-state index contributed by atoms with van der Waals surface area (Å²) in [4.78, 5) is 0. The maximum Gasteiger partial charge on any atom is 0.707 e. The van der Waals surface area contributed by atoms with E-state index in [9.17, 15) is 0 Å². The van der Waals surface area contributed by atoms with Crippen LogP contribution < -0.4 is 4.65 Å². The van der Waals surface area contributed by atoms with E-state index in [1.165, 1.54) is 0 Å². The molecule has 0 amide bonds. The zero-order chi connectivity index (χ0) is 10.0. The fourth-order valence-corrected chi connectivity index (χ4v) is 2.10. The van der Waals surface area contributed by atoms with Gasteiger partial charge in [-0.3, -0.25) is 0 Å². The predicted octanol–water partition coefficient (Wildman–Crippen LogP) is 2.32. The van der Waals surface area contributed by atoms with E-state index >= 15 is 0 Å². The minimum absolute atomic E-state index is 0.358. The largest absolute Gasteiger partial charge is 0.707 e. The van der Waals surface area contributed by atoms with Crippen LogP contribution in [0, 0.1) is 0 Å². The van der Waals surface area contributed by atoms with Crippen molar-refractivity contribution in [3.8, 4) is 5.75 Å². The third-order valence-corrected chi connectivity index (χ3v) is 4.37. The van der Waals surface area contributed by atoms with Gasteiger partial charge in [0, 0.05) is 13.4 Å². The lowest BCUT2D eigenvalue weighted by molar-refractivity contribution is 0.288. The quantitative estimate of drug-likeness (QED) is 0.617. The number of hydrogen-bond acceptors (Lipinski definition) is 3. The molecule has 7 heteroatoms. The predicted molar refractivity (Wildman–Crippen MR) is 60.4 cm³/mol. The molecule has 0 aliphatic carbocycles. The van der Waals surface area contributed by atoms with Gasteiger partial charge in [0.2, 0.25) is 0 Å². The minimum atomic E-state index is -1.81. The topological polar surface area (TPSA) is 49.7 Å². The Morgan fingerprint density at radius 2 is 1.54 bits per heavy atom. The first kappa shape index (κ1) is 11.5. The average molecular weight is 375 g/mol. The molecule has 0 heterocycles. The van der Waals surface area contributed by atoms with E-state index < -0.39 is 7.32 Å². The van der Waals surface area contributed by atoms with E-state index in [2.05, 4.69) is 52.4 Å². The highest BCUT2D eigenvalue weighted by molar-refractivity contribution is 9.14. The van der Waals surface area contributed by atoms with Crippen molar-refractivity contribution in [2.45, 2.75) is 0 Å². The summed E-state index contributed by atoms with van der Waals surface area (Å²) in [7, 11) is -1.81. The van der Waals surface area contributed by atoms with Crippen molar-refractivity contribution in [1.29, 1.82) is 0 Å². The fraction of sp³-hybridized carbons (Fsp3) is 0. The Balaban J connectivity index is 2.99. The molecule has 0 spiro atoms. The second-order valence-electron chi connectivity index (χ2n) is 2.15. The minimum Gasteiger partial charge on any atom is -0.512 e. The van der Waals surface area contributed by atoms with Crippen LogP contribution in [0.4, 0.5) is 0 Å². The van der Waals surface area contributed by atoms with Crippen molar-refractivity contribution in [1.82, 2.24) is 0 Å². The van der Waals surface area contributed by atoms with Gasteiger partial charge >= 0.3 is 7.32 Å². The van der Waals surface area contributed by atoms with Crippen LogP contribution in [0.25, 0.3) is 0 Å². The Bertz CT molecular complexity index is 295. The van der Waals surface area contributed by atoms with Gasteiger partial charge in [-0.1, -0.05) is 0 Å². The third kappa shape index (κ3) is 3.25. The summed E-state index contributed by atoms with van der Waals surface area (Å²) in [5.74, 6) is 0.358. The first-order chi connectivity index (χ1) is 6.00. The van der Waals surface area contributed by atoms with E-state index in [1.807, 2.05) is 0 Å². The van der Waals surface area contributed by atoms with Crippen LogP contribution >= 0.6 is 47.8 Å². The highest BCUT2D eigenvalue weighted by Gasteiger charge is 2.13. The molecular weight excluding hydrogens is 371 g/mol. The second kappa shape index (κ2) is 4.79. The van der Waals surface area contributed by atoms with Crippen LogP contribution in [0.15, 0.2) is 25.6 Å². The zero-order valence-corrected chi connectivity index (χ0v) is 10.9. The molecule has 0 aromatic heterocycles. The number of halogens is 3. The highest BCUT2D eigenvalue weighted by Crippen LogP contribution is 2.34. The zero-order valence-electron chi connectivity index (χ0n) is 6.17. The van der Waals surface area contributed by atoms with Crippen molar-refractivity contribution in [2.24, 2.45) is 0 Å². The van der Waals surface area contributed by atoms with E-state index in [0.29, 0.717) is 5.75 Å². The van der Waals surface area contributed by atoms with Crippen LogP contribution in [0.2, 0.25) is 0 Å². The molecule has 2 N–H and O–H groups in total. The lowest BCUT2D eigenvalue weighted by atomic mass is 10.2. The van der Waals surface area contributed by atoms with Crippen LogP contribution in [-0.4, -0.2) is 17.4 Å².